The highest BCUT2D eigenvalue weighted by Gasteiger charge is 2.24. The van der Waals surface area contributed by atoms with Gasteiger partial charge in [0.25, 0.3) is 0 Å². The van der Waals surface area contributed by atoms with Gasteiger partial charge < -0.3 is 16.0 Å². The summed E-state index contributed by atoms with van der Waals surface area (Å²) >= 11 is 4.94. The molecule has 0 heterocycles. The highest BCUT2D eigenvalue weighted by atomic mass is 32.1. The maximum Gasteiger partial charge on any atom is 0.230 e. The standard InChI is InChI=1S/C14H29N3OS/c1-10(2)12(13(15)19)14(18)16-8-6-7-9-17(5)11(3)4/h10-12H,6-9H2,1-5H3,(H2,15,19)(H,16,18). The van der Waals surface area contributed by atoms with Gasteiger partial charge in [0.15, 0.2) is 0 Å². The Morgan fingerprint density at radius 3 is 2.26 bits per heavy atom. The van der Waals surface area contributed by atoms with E-state index in [2.05, 4.69) is 31.1 Å². The van der Waals surface area contributed by atoms with Crippen LogP contribution < -0.4 is 11.1 Å². The van der Waals surface area contributed by atoms with Crippen molar-refractivity contribution in [2.45, 2.75) is 46.6 Å². The number of amides is 1. The Bertz CT molecular complexity index is 292. The number of nitrogens with two attached hydrogens (primary N) is 1. The molecule has 0 aromatic carbocycles. The summed E-state index contributed by atoms with van der Waals surface area (Å²) in [6.45, 7) is 10.0. The lowest BCUT2D eigenvalue weighted by Crippen LogP contribution is -2.41. The van der Waals surface area contributed by atoms with Crippen molar-refractivity contribution < 1.29 is 4.79 Å². The third kappa shape index (κ3) is 7.47. The molecule has 0 rings (SSSR count). The Morgan fingerprint density at radius 1 is 1.26 bits per heavy atom. The normalized spacial score (nSPS) is 13.1. The lowest BCUT2D eigenvalue weighted by molar-refractivity contribution is -0.123. The highest BCUT2D eigenvalue weighted by Crippen LogP contribution is 2.11. The molecule has 0 aliphatic heterocycles. The van der Waals surface area contributed by atoms with Crippen LogP contribution in [0.3, 0.4) is 0 Å². The zero-order valence-electron chi connectivity index (χ0n) is 12.9. The summed E-state index contributed by atoms with van der Waals surface area (Å²) in [7, 11) is 2.12. The molecule has 3 N–H and O–H groups in total. The summed E-state index contributed by atoms with van der Waals surface area (Å²) in [6.07, 6.45) is 2.05. The van der Waals surface area contributed by atoms with E-state index in [1.807, 2.05) is 13.8 Å². The summed E-state index contributed by atoms with van der Waals surface area (Å²) in [6, 6.07) is 0.564. The fourth-order valence-corrected chi connectivity index (χ4v) is 2.21. The first kappa shape index (κ1) is 18.3. The number of thiocarbonyl (C=S) groups is 1. The Morgan fingerprint density at radius 2 is 1.84 bits per heavy atom. The number of unbranched alkanes of at least 4 members (excludes halogenated alkanes) is 1. The molecular weight excluding hydrogens is 258 g/mol. The van der Waals surface area contributed by atoms with E-state index >= 15 is 0 Å². The summed E-state index contributed by atoms with van der Waals surface area (Å²) in [5, 5.41) is 2.92. The lowest BCUT2D eigenvalue weighted by atomic mass is 9.95. The number of hydrogen-bond acceptors (Lipinski definition) is 3. The zero-order valence-corrected chi connectivity index (χ0v) is 13.7. The molecular formula is C14H29N3OS. The molecule has 0 spiro atoms. The van der Waals surface area contributed by atoms with E-state index in [9.17, 15) is 4.79 Å². The van der Waals surface area contributed by atoms with Crippen molar-refractivity contribution in [1.29, 1.82) is 0 Å². The third-order valence-corrected chi connectivity index (χ3v) is 3.63. The monoisotopic (exact) mass is 287 g/mol. The zero-order chi connectivity index (χ0) is 15.0. The van der Waals surface area contributed by atoms with Crippen molar-refractivity contribution in [2.75, 3.05) is 20.1 Å². The number of carbonyl (C=O) groups is 1. The van der Waals surface area contributed by atoms with Gasteiger partial charge in [-0.15, -0.1) is 0 Å². The van der Waals surface area contributed by atoms with E-state index in [1.54, 1.807) is 0 Å². The van der Waals surface area contributed by atoms with E-state index in [1.165, 1.54) is 0 Å². The molecule has 5 heteroatoms. The minimum Gasteiger partial charge on any atom is -0.393 e. The van der Waals surface area contributed by atoms with Crippen LogP contribution in [0.25, 0.3) is 0 Å². The molecule has 1 unspecified atom stereocenters. The van der Waals surface area contributed by atoms with Crippen LogP contribution in [-0.4, -0.2) is 42.0 Å². The summed E-state index contributed by atoms with van der Waals surface area (Å²) in [4.78, 5) is 14.5. The topological polar surface area (TPSA) is 58.4 Å². The molecule has 1 atom stereocenters. The number of rotatable bonds is 9. The average molecular weight is 287 g/mol. The van der Waals surface area contributed by atoms with Crippen molar-refractivity contribution in [3.8, 4) is 0 Å². The fourth-order valence-electron chi connectivity index (χ4n) is 1.83. The molecule has 0 aliphatic carbocycles. The van der Waals surface area contributed by atoms with E-state index in [0.717, 1.165) is 19.4 Å². The molecule has 0 bridgehead atoms. The second kappa shape index (κ2) is 9.26. The predicted octanol–water partition coefficient (Wildman–Crippen LogP) is 1.78. The SMILES string of the molecule is CC(C)C(C(=O)NCCCCN(C)C(C)C)C(N)=S. The summed E-state index contributed by atoms with van der Waals surface area (Å²) in [5.74, 6) is -0.252. The maximum atomic E-state index is 11.9. The van der Waals surface area contributed by atoms with Gasteiger partial charge in [0.2, 0.25) is 5.91 Å². The number of carbonyl (C=O) groups excluding carboxylic acids is 1. The predicted molar refractivity (Wildman–Crippen MR) is 85.1 cm³/mol. The third-order valence-electron chi connectivity index (χ3n) is 3.37. The van der Waals surface area contributed by atoms with Crippen LogP contribution in [0.2, 0.25) is 0 Å². The molecule has 1 amide bonds. The Hall–Kier alpha value is -0.680. The number of hydrogen-bond donors (Lipinski definition) is 2. The first-order valence-corrected chi connectivity index (χ1v) is 7.45. The molecule has 19 heavy (non-hydrogen) atoms. The van der Waals surface area contributed by atoms with Gasteiger partial charge in [-0.05, 0) is 46.2 Å². The molecule has 4 nitrogen and oxygen atoms in total. The molecule has 0 radical (unpaired) electrons. The maximum absolute atomic E-state index is 11.9. The van der Waals surface area contributed by atoms with Gasteiger partial charge in [0.05, 0.1) is 10.9 Å². The minimum absolute atomic E-state index is 0.0419. The van der Waals surface area contributed by atoms with E-state index in [-0.39, 0.29) is 22.7 Å². The van der Waals surface area contributed by atoms with E-state index in [4.69, 9.17) is 18.0 Å². The van der Waals surface area contributed by atoms with Crippen LogP contribution in [0.4, 0.5) is 0 Å². The van der Waals surface area contributed by atoms with Crippen LogP contribution in [0.5, 0.6) is 0 Å². The van der Waals surface area contributed by atoms with Gasteiger partial charge in [-0.2, -0.15) is 0 Å². The van der Waals surface area contributed by atoms with E-state index < -0.39 is 0 Å². The second-order valence-electron chi connectivity index (χ2n) is 5.70. The van der Waals surface area contributed by atoms with Crippen molar-refractivity contribution >= 4 is 23.1 Å². The van der Waals surface area contributed by atoms with Gasteiger partial charge in [-0.1, -0.05) is 26.1 Å². The van der Waals surface area contributed by atoms with Gasteiger partial charge in [0, 0.05) is 12.6 Å². The van der Waals surface area contributed by atoms with E-state index in [0.29, 0.717) is 12.6 Å². The molecule has 0 aliphatic rings. The Kier molecular flexibility index (Phi) is 8.93. The van der Waals surface area contributed by atoms with Crippen molar-refractivity contribution in [1.82, 2.24) is 10.2 Å². The molecule has 0 saturated carbocycles. The van der Waals surface area contributed by atoms with Crippen molar-refractivity contribution in [2.24, 2.45) is 17.6 Å². The Labute approximate surface area is 123 Å². The van der Waals surface area contributed by atoms with Crippen molar-refractivity contribution in [3.05, 3.63) is 0 Å². The first-order chi connectivity index (χ1) is 8.77. The number of nitrogens with zero attached hydrogens (tertiary/aromatic N) is 1. The average Bonchev–Trinajstić information content (AvgIpc) is 2.26. The molecule has 0 aromatic heterocycles. The van der Waals surface area contributed by atoms with Gasteiger partial charge >= 0.3 is 0 Å². The second-order valence-corrected chi connectivity index (χ2v) is 6.17. The fraction of sp³-hybridized carbons (Fsp3) is 0.857. The molecule has 112 valence electrons. The largest absolute Gasteiger partial charge is 0.393 e. The molecule has 0 aromatic rings. The lowest BCUT2D eigenvalue weighted by Gasteiger charge is -2.21. The highest BCUT2D eigenvalue weighted by molar-refractivity contribution is 7.80. The van der Waals surface area contributed by atoms with Crippen LogP contribution in [-0.2, 0) is 4.79 Å². The van der Waals surface area contributed by atoms with Crippen LogP contribution in [0.1, 0.15) is 40.5 Å². The summed E-state index contributed by atoms with van der Waals surface area (Å²) < 4.78 is 0. The number of nitrogens with one attached hydrogen (secondary N) is 1. The van der Waals surface area contributed by atoms with Gasteiger partial charge in [0.1, 0.15) is 0 Å². The van der Waals surface area contributed by atoms with Crippen molar-refractivity contribution in [3.63, 3.8) is 0 Å². The van der Waals surface area contributed by atoms with Crippen LogP contribution in [0.15, 0.2) is 0 Å². The Balaban J connectivity index is 3.88. The smallest absolute Gasteiger partial charge is 0.230 e. The minimum atomic E-state index is -0.353. The van der Waals surface area contributed by atoms with Gasteiger partial charge in [-0.25, -0.2) is 0 Å². The molecule has 0 fully saturated rings. The van der Waals surface area contributed by atoms with Crippen LogP contribution in [0, 0.1) is 11.8 Å². The molecule has 0 saturated heterocycles. The quantitative estimate of drug-likeness (QED) is 0.501. The van der Waals surface area contributed by atoms with Gasteiger partial charge in [-0.3, -0.25) is 4.79 Å². The first-order valence-electron chi connectivity index (χ1n) is 7.04. The van der Waals surface area contributed by atoms with Crippen LogP contribution >= 0.6 is 12.2 Å². The summed E-state index contributed by atoms with van der Waals surface area (Å²) in [5.41, 5.74) is 5.61.